The highest BCUT2D eigenvalue weighted by molar-refractivity contribution is 7.90. The number of nitrogens with one attached hydrogen (secondary N) is 1. The Kier molecular flexibility index (Phi) is 5.42. The van der Waals surface area contributed by atoms with Crippen LogP contribution in [0.3, 0.4) is 0 Å². The minimum absolute atomic E-state index is 0.163. The van der Waals surface area contributed by atoms with Crippen molar-refractivity contribution in [2.45, 2.75) is 11.8 Å². The van der Waals surface area contributed by atoms with Gasteiger partial charge < -0.3 is 4.57 Å². The van der Waals surface area contributed by atoms with Gasteiger partial charge in [0.15, 0.2) is 7.14 Å². The molecule has 0 heterocycles. The molecule has 0 amide bonds. The molecule has 6 heteroatoms. The third-order valence-corrected chi connectivity index (χ3v) is 8.65. The lowest BCUT2D eigenvalue weighted by Crippen LogP contribution is -2.30. The third kappa shape index (κ3) is 3.96. The zero-order valence-electron chi connectivity index (χ0n) is 14.4. The summed E-state index contributed by atoms with van der Waals surface area (Å²) in [6, 6.07) is 24.6. The van der Waals surface area contributed by atoms with Gasteiger partial charge in [-0.1, -0.05) is 78.4 Å². The molecule has 3 aromatic carbocycles. The normalized spacial score (nSPS) is 12.0. The van der Waals surface area contributed by atoms with Gasteiger partial charge in [0.2, 0.25) is 10.0 Å². The van der Waals surface area contributed by atoms with Crippen LogP contribution < -0.4 is 15.3 Å². The van der Waals surface area contributed by atoms with E-state index in [1.807, 2.05) is 19.1 Å². The summed E-state index contributed by atoms with van der Waals surface area (Å²) < 4.78 is 41.6. The minimum atomic E-state index is -3.75. The maximum atomic E-state index is 13.8. The van der Waals surface area contributed by atoms with Crippen LogP contribution in [0, 0.1) is 6.92 Å². The molecule has 0 saturated carbocycles. The minimum Gasteiger partial charge on any atom is -0.312 e. The standard InChI is InChI=1S/C20H20NO3PS/c1-17-12-14-20(15-13-17)26(23,24)21-16-25(22,18-8-4-2-5-9-18)19-10-6-3-7-11-19/h2-15,21H,16H2,1H3. The Morgan fingerprint density at radius 1 is 0.769 bits per heavy atom. The zero-order valence-corrected chi connectivity index (χ0v) is 16.1. The van der Waals surface area contributed by atoms with Crippen LogP contribution in [-0.2, 0) is 14.6 Å². The smallest absolute Gasteiger partial charge is 0.241 e. The van der Waals surface area contributed by atoms with E-state index in [9.17, 15) is 13.0 Å². The maximum Gasteiger partial charge on any atom is 0.241 e. The van der Waals surface area contributed by atoms with Gasteiger partial charge in [-0.15, -0.1) is 0 Å². The molecular weight excluding hydrogens is 365 g/mol. The molecule has 3 aromatic rings. The molecule has 0 aliphatic carbocycles. The molecular formula is C20H20NO3PS. The molecule has 0 aliphatic heterocycles. The Morgan fingerprint density at radius 2 is 1.23 bits per heavy atom. The first kappa shape index (κ1) is 18.6. The predicted octanol–water partition coefficient (Wildman–Crippen LogP) is 3.24. The SMILES string of the molecule is Cc1ccc(S(=O)(=O)NCP(=O)(c2ccccc2)c2ccccc2)cc1. The Hall–Kier alpha value is -2.20. The second-order valence-electron chi connectivity index (χ2n) is 6.03. The molecule has 0 aromatic heterocycles. The topological polar surface area (TPSA) is 63.2 Å². The first-order valence-corrected chi connectivity index (χ1v) is 11.6. The van der Waals surface area contributed by atoms with Gasteiger partial charge in [-0.25, -0.2) is 13.1 Å². The van der Waals surface area contributed by atoms with Gasteiger partial charge in [0.25, 0.3) is 0 Å². The maximum absolute atomic E-state index is 13.8. The number of rotatable bonds is 6. The molecule has 3 rings (SSSR count). The molecule has 4 nitrogen and oxygen atoms in total. The van der Waals surface area contributed by atoms with Crippen LogP contribution in [0.15, 0.2) is 89.8 Å². The molecule has 26 heavy (non-hydrogen) atoms. The molecule has 134 valence electrons. The summed E-state index contributed by atoms with van der Waals surface area (Å²) >= 11 is 0. The van der Waals surface area contributed by atoms with Crippen LogP contribution in [0.4, 0.5) is 0 Å². The molecule has 0 radical (unpaired) electrons. The Morgan fingerprint density at radius 3 is 1.69 bits per heavy atom. The van der Waals surface area contributed by atoms with Crippen molar-refractivity contribution in [3.63, 3.8) is 0 Å². The molecule has 0 unspecified atom stereocenters. The Balaban J connectivity index is 1.95. The monoisotopic (exact) mass is 385 g/mol. The second kappa shape index (κ2) is 7.58. The molecule has 0 spiro atoms. The molecule has 0 fully saturated rings. The highest BCUT2D eigenvalue weighted by atomic mass is 32.2. The van der Waals surface area contributed by atoms with Gasteiger partial charge in [0.1, 0.15) is 0 Å². The van der Waals surface area contributed by atoms with Crippen LogP contribution in [0.1, 0.15) is 5.56 Å². The van der Waals surface area contributed by atoms with E-state index in [2.05, 4.69) is 4.72 Å². The van der Waals surface area contributed by atoms with E-state index in [-0.39, 0.29) is 11.2 Å². The van der Waals surface area contributed by atoms with Crippen molar-refractivity contribution in [2.75, 3.05) is 6.29 Å². The average Bonchev–Trinajstić information content (AvgIpc) is 2.68. The van der Waals surface area contributed by atoms with E-state index in [1.54, 1.807) is 72.8 Å². The van der Waals surface area contributed by atoms with Crippen molar-refractivity contribution in [1.82, 2.24) is 4.72 Å². The van der Waals surface area contributed by atoms with Gasteiger partial charge in [0.05, 0.1) is 11.2 Å². The van der Waals surface area contributed by atoms with E-state index >= 15 is 0 Å². The van der Waals surface area contributed by atoms with E-state index in [0.717, 1.165) is 5.56 Å². The summed E-state index contributed by atoms with van der Waals surface area (Å²) in [5, 5.41) is 1.25. The van der Waals surface area contributed by atoms with Crippen LogP contribution in [0.5, 0.6) is 0 Å². The summed E-state index contributed by atoms with van der Waals surface area (Å²) in [6.45, 7) is 1.89. The van der Waals surface area contributed by atoms with E-state index in [4.69, 9.17) is 0 Å². The number of sulfonamides is 1. The Labute approximate surface area is 154 Å². The number of benzene rings is 3. The van der Waals surface area contributed by atoms with Crippen molar-refractivity contribution in [3.05, 3.63) is 90.5 Å². The molecule has 0 bridgehead atoms. The summed E-state index contributed by atoms with van der Waals surface area (Å²) in [7, 11) is -6.89. The fourth-order valence-corrected chi connectivity index (χ4v) is 6.68. The summed E-state index contributed by atoms with van der Waals surface area (Å²) in [6.07, 6.45) is -0.169. The number of hydrogen-bond donors (Lipinski definition) is 1. The molecule has 1 N–H and O–H groups in total. The highest BCUT2D eigenvalue weighted by Gasteiger charge is 2.29. The van der Waals surface area contributed by atoms with Crippen molar-refractivity contribution < 1.29 is 13.0 Å². The van der Waals surface area contributed by atoms with E-state index < -0.39 is 17.2 Å². The summed E-state index contributed by atoms with van der Waals surface area (Å²) in [5.41, 5.74) is 0.975. The van der Waals surface area contributed by atoms with Crippen molar-refractivity contribution >= 4 is 27.8 Å². The van der Waals surface area contributed by atoms with Crippen LogP contribution >= 0.6 is 7.14 Å². The average molecular weight is 385 g/mol. The van der Waals surface area contributed by atoms with Gasteiger partial charge in [0, 0.05) is 10.6 Å². The fraction of sp³-hybridized carbons (Fsp3) is 0.100. The van der Waals surface area contributed by atoms with Crippen LogP contribution in [0.25, 0.3) is 0 Å². The number of aryl methyl sites for hydroxylation is 1. The third-order valence-electron chi connectivity index (χ3n) is 4.16. The second-order valence-corrected chi connectivity index (χ2v) is 10.6. The molecule has 0 saturated heterocycles. The summed E-state index contributed by atoms with van der Waals surface area (Å²) in [4.78, 5) is 0.163. The predicted molar refractivity (Wildman–Crippen MR) is 106 cm³/mol. The Bertz CT molecular complexity index is 974. The van der Waals surface area contributed by atoms with Gasteiger partial charge >= 0.3 is 0 Å². The lowest BCUT2D eigenvalue weighted by atomic mass is 10.2. The molecule has 0 aliphatic rings. The lowest BCUT2D eigenvalue weighted by Gasteiger charge is -2.20. The summed E-state index contributed by atoms with van der Waals surface area (Å²) in [5.74, 6) is 0. The van der Waals surface area contributed by atoms with Crippen molar-refractivity contribution in [2.24, 2.45) is 0 Å². The number of hydrogen-bond acceptors (Lipinski definition) is 3. The quantitative estimate of drug-likeness (QED) is 0.663. The first-order chi connectivity index (χ1) is 12.4. The van der Waals surface area contributed by atoms with Gasteiger partial charge in [-0.2, -0.15) is 0 Å². The van der Waals surface area contributed by atoms with Crippen LogP contribution in [-0.4, -0.2) is 14.7 Å². The first-order valence-electron chi connectivity index (χ1n) is 8.18. The highest BCUT2D eigenvalue weighted by Crippen LogP contribution is 2.42. The zero-order chi connectivity index (χ0) is 18.6. The van der Waals surface area contributed by atoms with E-state index in [0.29, 0.717) is 10.6 Å². The largest absolute Gasteiger partial charge is 0.312 e. The van der Waals surface area contributed by atoms with Crippen LogP contribution in [0.2, 0.25) is 0 Å². The fourth-order valence-electron chi connectivity index (χ4n) is 2.65. The van der Waals surface area contributed by atoms with Crippen molar-refractivity contribution in [1.29, 1.82) is 0 Å². The van der Waals surface area contributed by atoms with Gasteiger partial charge in [-0.05, 0) is 19.1 Å². The molecule has 0 atom stereocenters. The lowest BCUT2D eigenvalue weighted by molar-refractivity contribution is 0.575. The van der Waals surface area contributed by atoms with Gasteiger partial charge in [-0.3, -0.25) is 0 Å². The van der Waals surface area contributed by atoms with Crippen molar-refractivity contribution in [3.8, 4) is 0 Å². The van der Waals surface area contributed by atoms with E-state index in [1.165, 1.54) is 0 Å².